The zero-order valence-corrected chi connectivity index (χ0v) is 10.2. The van der Waals surface area contributed by atoms with Crippen LogP contribution in [0.15, 0.2) is 6.33 Å². The average molecular weight is 232 g/mol. The van der Waals surface area contributed by atoms with Gasteiger partial charge in [-0.15, -0.1) is 0 Å². The Hall–Kier alpha value is -1.16. The van der Waals surface area contributed by atoms with Gasteiger partial charge in [-0.25, -0.2) is 9.97 Å². The normalized spacial score (nSPS) is 23.4. The summed E-state index contributed by atoms with van der Waals surface area (Å²) in [6.45, 7) is 3.34. The van der Waals surface area contributed by atoms with Gasteiger partial charge in [0.05, 0.1) is 0 Å². The van der Waals surface area contributed by atoms with E-state index in [0.717, 1.165) is 44.2 Å². The largest absolute Gasteiger partial charge is 0.369 e. The van der Waals surface area contributed by atoms with Gasteiger partial charge in [0.15, 0.2) is 0 Å². The Labute approximate surface area is 102 Å². The smallest absolute Gasteiger partial charge is 0.132 e. The van der Waals surface area contributed by atoms with Crippen LogP contribution in [-0.2, 0) is 12.8 Å². The minimum atomic E-state index is 0.754. The highest BCUT2D eigenvalue weighted by molar-refractivity contribution is 5.46. The van der Waals surface area contributed by atoms with Gasteiger partial charge in [-0.2, -0.15) is 0 Å². The molecule has 1 aromatic heterocycles. The standard InChI is InChI=1S/C13H20N4/c1-2-4-12-11(3-1)13(17-9-16-12)15-8-10-5-6-14-7-10/h9-10,14H,1-8H2,(H,15,16,17). The van der Waals surface area contributed by atoms with Crippen LogP contribution in [0.2, 0.25) is 0 Å². The number of nitrogens with zero attached hydrogens (tertiary/aromatic N) is 2. The fraction of sp³-hybridized carbons (Fsp3) is 0.692. The lowest BCUT2D eigenvalue weighted by atomic mass is 9.96. The average Bonchev–Trinajstić information content (AvgIpc) is 2.89. The van der Waals surface area contributed by atoms with Crippen LogP contribution in [0.4, 0.5) is 5.82 Å². The fourth-order valence-electron chi connectivity index (χ4n) is 2.80. The Kier molecular flexibility index (Phi) is 3.22. The van der Waals surface area contributed by atoms with E-state index < -0.39 is 0 Å². The van der Waals surface area contributed by atoms with Crippen LogP contribution < -0.4 is 10.6 Å². The van der Waals surface area contributed by atoms with Crippen molar-refractivity contribution in [2.75, 3.05) is 25.0 Å². The van der Waals surface area contributed by atoms with Gasteiger partial charge in [-0.1, -0.05) is 0 Å². The SMILES string of the molecule is c1nc2c(c(NCC3CCNC3)n1)CCCC2. The highest BCUT2D eigenvalue weighted by atomic mass is 15.0. The van der Waals surface area contributed by atoms with Crippen LogP contribution in [-0.4, -0.2) is 29.6 Å². The topological polar surface area (TPSA) is 49.8 Å². The first-order valence-electron chi connectivity index (χ1n) is 6.71. The van der Waals surface area contributed by atoms with E-state index in [-0.39, 0.29) is 0 Å². The van der Waals surface area contributed by atoms with E-state index in [1.165, 1.54) is 30.5 Å². The van der Waals surface area contributed by atoms with Gasteiger partial charge in [-0.3, -0.25) is 0 Å². The Bertz CT molecular complexity index is 385. The van der Waals surface area contributed by atoms with E-state index in [9.17, 15) is 0 Å². The van der Waals surface area contributed by atoms with Gasteiger partial charge in [0.2, 0.25) is 0 Å². The third-order valence-corrected chi connectivity index (χ3v) is 3.85. The van der Waals surface area contributed by atoms with Crippen molar-refractivity contribution in [1.29, 1.82) is 0 Å². The lowest BCUT2D eigenvalue weighted by Crippen LogP contribution is -2.19. The zero-order chi connectivity index (χ0) is 11.5. The Morgan fingerprint density at radius 1 is 1.29 bits per heavy atom. The minimum absolute atomic E-state index is 0.754. The van der Waals surface area contributed by atoms with Crippen molar-refractivity contribution < 1.29 is 0 Å². The molecule has 4 nitrogen and oxygen atoms in total. The van der Waals surface area contributed by atoms with Crippen molar-refractivity contribution in [2.45, 2.75) is 32.1 Å². The van der Waals surface area contributed by atoms with E-state index >= 15 is 0 Å². The van der Waals surface area contributed by atoms with Gasteiger partial charge in [0.25, 0.3) is 0 Å². The predicted molar refractivity (Wildman–Crippen MR) is 68.1 cm³/mol. The van der Waals surface area contributed by atoms with Gasteiger partial charge >= 0.3 is 0 Å². The van der Waals surface area contributed by atoms with Crippen molar-refractivity contribution in [3.63, 3.8) is 0 Å². The molecule has 1 saturated heterocycles. The second-order valence-electron chi connectivity index (χ2n) is 5.09. The molecule has 1 aromatic rings. The van der Waals surface area contributed by atoms with E-state index in [1.54, 1.807) is 6.33 Å². The molecule has 17 heavy (non-hydrogen) atoms. The van der Waals surface area contributed by atoms with Crippen molar-refractivity contribution in [2.24, 2.45) is 5.92 Å². The second-order valence-corrected chi connectivity index (χ2v) is 5.09. The minimum Gasteiger partial charge on any atom is -0.369 e. The van der Waals surface area contributed by atoms with E-state index in [4.69, 9.17) is 0 Å². The molecule has 0 bridgehead atoms. The van der Waals surface area contributed by atoms with Gasteiger partial charge < -0.3 is 10.6 Å². The number of aryl methyl sites for hydroxylation is 1. The first-order valence-corrected chi connectivity index (χ1v) is 6.71. The summed E-state index contributed by atoms with van der Waals surface area (Å²) in [4.78, 5) is 8.81. The molecule has 3 rings (SSSR count). The van der Waals surface area contributed by atoms with E-state index in [2.05, 4.69) is 20.6 Å². The maximum atomic E-state index is 4.41. The lowest BCUT2D eigenvalue weighted by Gasteiger charge is -2.19. The highest BCUT2D eigenvalue weighted by Gasteiger charge is 2.18. The molecule has 2 N–H and O–H groups in total. The van der Waals surface area contributed by atoms with Gasteiger partial charge in [-0.05, 0) is 51.1 Å². The molecular formula is C13H20N4. The Balaban J connectivity index is 1.69. The molecule has 4 heteroatoms. The quantitative estimate of drug-likeness (QED) is 0.826. The van der Waals surface area contributed by atoms with Crippen LogP contribution in [0.3, 0.4) is 0 Å². The summed E-state index contributed by atoms with van der Waals surface area (Å²) in [5, 5.41) is 6.92. The molecule has 2 heterocycles. The lowest BCUT2D eigenvalue weighted by molar-refractivity contribution is 0.610. The molecule has 0 radical (unpaired) electrons. The van der Waals surface area contributed by atoms with E-state index in [1.807, 2.05) is 0 Å². The van der Waals surface area contributed by atoms with Crippen LogP contribution in [0, 0.1) is 5.92 Å². The first kappa shape index (κ1) is 11.0. The summed E-state index contributed by atoms with van der Waals surface area (Å²) >= 11 is 0. The van der Waals surface area contributed by atoms with Gasteiger partial charge in [0.1, 0.15) is 12.1 Å². The summed E-state index contributed by atoms with van der Waals surface area (Å²) < 4.78 is 0. The molecule has 1 atom stereocenters. The van der Waals surface area contributed by atoms with Gasteiger partial charge in [0, 0.05) is 17.8 Å². The number of anilines is 1. The third kappa shape index (κ3) is 2.41. The molecule has 2 aliphatic rings. The van der Waals surface area contributed by atoms with Crippen LogP contribution in [0.1, 0.15) is 30.5 Å². The maximum absolute atomic E-state index is 4.41. The molecule has 1 aliphatic heterocycles. The summed E-state index contributed by atoms with van der Waals surface area (Å²) in [5.41, 5.74) is 2.63. The van der Waals surface area contributed by atoms with Crippen molar-refractivity contribution >= 4 is 5.82 Å². The molecule has 0 amide bonds. The summed E-state index contributed by atoms with van der Waals surface area (Å²) in [7, 11) is 0. The van der Waals surface area contributed by atoms with Crippen molar-refractivity contribution in [1.82, 2.24) is 15.3 Å². The molecule has 1 aliphatic carbocycles. The number of rotatable bonds is 3. The van der Waals surface area contributed by atoms with Crippen LogP contribution in [0.25, 0.3) is 0 Å². The molecule has 1 unspecified atom stereocenters. The Morgan fingerprint density at radius 3 is 3.12 bits per heavy atom. The van der Waals surface area contributed by atoms with Crippen LogP contribution >= 0.6 is 0 Å². The van der Waals surface area contributed by atoms with E-state index in [0.29, 0.717) is 0 Å². The number of hydrogen-bond donors (Lipinski definition) is 2. The molecule has 1 fully saturated rings. The maximum Gasteiger partial charge on any atom is 0.132 e. The first-order chi connectivity index (χ1) is 8.43. The van der Waals surface area contributed by atoms with Crippen LogP contribution in [0.5, 0.6) is 0 Å². The number of nitrogens with one attached hydrogen (secondary N) is 2. The molecule has 0 saturated carbocycles. The number of hydrogen-bond acceptors (Lipinski definition) is 4. The summed E-state index contributed by atoms with van der Waals surface area (Å²) in [6, 6.07) is 0. The number of fused-ring (bicyclic) bond motifs is 1. The Morgan fingerprint density at radius 2 is 2.24 bits per heavy atom. The zero-order valence-electron chi connectivity index (χ0n) is 10.2. The van der Waals surface area contributed by atoms with Crippen molar-refractivity contribution in [3.8, 4) is 0 Å². The third-order valence-electron chi connectivity index (χ3n) is 3.85. The predicted octanol–water partition coefficient (Wildman–Crippen LogP) is 1.38. The molecule has 0 aromatic carbocycles. The summed E-state index contributed by atoms with van der Waals surface area (Å²) in [6.07, 6.45) is 7.80. The fourth-order valence-corrected chi connectivity index (χ4v) is 2.80. The molecule has 92 valence electrons. The number of aromatic nitrogens is 2. The monoisotopic (exact) mass is 232 g/mol. The summed E-state index contributed by atoms with van der Waals surface area (Å²) in [5.74, 6) is 1.84. The highest BCUT2D eigenvalue weighted by Crippen LogP contribution is 2.24. The second kappa shape index (κ2) is 5.00. The molecular weight excluding hydrogens is 212 g/mol. The molecule has 0 spiro atoms. The van der Waals surface area contributed by atoms with Crippen molar-refractivity contribution in [3.05, 3.63) is 17.6 Å².